The van der Waals surface area contributed by atoms with Crippen LogP contribution in [0.3, 0.4) is 0 Å². The Morgan fingerprint density at radius 2 is 2.17 bits per heavy atom. The van der Waals surface area contributed by atoms with Crippen LogP contribution < -0.4 is 0 Å². The average molecular weight is 249 g/mol. The van der Waals surface area contributed by atoms with Gasteiger partial charge in [-0.1, -0.05) is 30.3 Å². The summed E-state index contributed by atoms with van der Waals surface area (Å²) >= 11 is 0. The highest BCUT2D eigenvalue weighted by Gasteiger charge is 2.23. The Kier molecular flexibility index (Phi) is 4.73. The third kappa shape index (κ3) is 3.82. The van der Waals surface area contributed by atoms with Crippen molar-refractivity contribution in [1.82, 2.24) is 4.90 Å². The van der Waals surface area contributed by atoms with E-state index >= 15 is 0 Å². The van der Waals surface area contributed by atoms with Crippen LogP contribution in [0, 0.1) is 0 Å². The number of hydrogen-bond donors (Lipinski definition) is 1. The number of benzene rings is 1. The van der Waals surface area contributed by atoms with Gasteiger partial charge in [0, 0.05) is 13.1 Å². The van der Waals surface area contributed by atoms with Crippen molar-refractivity contribution in [3.8, 4) is 0 Å². The maximum atomic E-state index is 11.7. The molecule has 0 aromatic heterocycles. The minimum atomic E-state index is -0.348. The largest absolute Gasteiger partial charge is 0.391 e. The van der Waals surface area contributed by atoms with Crippen LogP contribution in [-0.4, -0.2) is 41.7 Å². The Hall–Kier alpha value is -1.39. The first-order valence-corrected chi connectivity index (χ1v) is 6.33. The van der Waals surface area contributed by atoms with Gasteiger partial charge in [0.1, 0.15) is 0 Å². The van der Waals surface area contributed by atoms with Crippen molar-refractivity contribution >= 4 is 5.91 Å². The smallest absolute Gasteiger partial charge is 0.224 e. The first-order chi connectivity index (χ1) is 8.75. The summed E-state index contributed by atoms with van der Waals surface area (Å²) in [7, 11) is 0. The molecule has 1 aromatic carbocycles. The predicted octanol–water partition coefficient (Wildman–Crippen LogP) is 1.19. The monoisotopic (exact) mass is 249 g/mol. The van der Waals surface area contributed by atoms with Gasteiger partial charge in [0.15, 0.2) is 0 Å². The number of ether oxygens (including phenoxy) is 1. The van der Waals surface area contributed by atoms with Gasteiger partial charge in [-0.05, 0) is 12.0 Å². The molecule has 1 heterocycles. The molecule has 0 unspecified atom stereocenters. The summed E-state index contributed by atoms with van der Waals surface area (Å²) in [6, 6.07) is 9.90. The molecule has 2 rings (SSSR count). The van der Waals surface area contributed by atoms with Crippen LogP contribution in [0.4, 0.5) is 0 Å². The van der Waals surface area contributed by atoms with Crippen molar-refractivity contribution < 1.29 is 14.6 Å². The Labute approximate surface area is 107 Å². The van der Waals surface area contributed by atoms with Crippen molar-refractivity contribution in [3.05, 3.63) is 35.9 Å². The second kappa shape index (κ2) is 6.52. The summed E-state index contributed by atoms with van der Waals surface area (Å²) in [6.07, 6.45) is 0.732. The zero-order valence-corrected chi connectivity index (χ0v) is 10.4. The number of likely N-dealkylation sites (tertiary alicyclic amines) is 1. The van der Waals surface area contributed by atoms with Crippen molar-refractivity contribution in [2.75, 3.05) is 19.7 Å². The minimum absolute atomic E-state index is 0.0691. The lowest BCUT2D eigenvalue weighted by molar-refractivity contribution is -0.131. The van der Waals surface area contributed by atoms with Crippen molar-refractivity contribution in [1.29, 1.82) is 0 Å². The zero-order valence-electron chi connectivity index (χ0n) is 10.4. The van der Waals surface area contributed by atoms with E-state index in [9.17, 15) is 9.90 Å². The van der Waals surface area contributed by atoms with Crippen LogP contribution in [0.2, 0.25) is 0 Å². The Bertz CT molecular complexity index is 380. The normalized spacial score (nSPS) is 19.2. The molecule has 0 saturated carbocycles. The Morgan fingerprint density at radius 1 is 1.39 bits per heavy atom. The standard InChI is InChI=1S/C14H19NO3/c16-13-6-8-15(10-13)14(17)7-9-18-11-12-4-2-1-3-5-12/h1-5,13,16H,6-11H2/t13-/m1/s1. The molecule has 98 valence electrons. The van der Waals surface area contributed by atoms with Crippen molar-refractivity contribution in [2.24, 2.45) is 0 Å². The van der Waals surface area contributed by atoms with Crippen molar-refractivity contribution in [2.45, 2.75) is 25.6 Å². The second-order valence-corrected chi connectivity index (χ2v) is 4.57. The highest BCUT2D eigenvalue weighted by Crippen LogP contribution is 2.10. The lowest BCUT2D eigenvalue weighted by atomic mass is 10.2. The minimum Gasteiger partial charge on any atom is -0.391 e. The van der Waals surface area contributed by atoms with Crippen LogP contribution >= 0.6 is 0 Å². The van der Waals surface area contributed by atoms with Crippen LogP contribution in [0.25, 0.3) is 0 Å². The maximum Gasteiger partial charge on any atom is 0.224 e. The number of hydrogen-bond acceptors (Lipinski definition) is 3. The van der Waals surface area contributed by atoms with Gasteiger partial charge < -0.3 is 14.7 Å². The van der Waals surface area contributed by atoms with E-state index < -0.39 is 0 Å². The number of aliphatic hydroxyl groups excluding tert-OH is 1. The summed E-state index contributed by atoms with van der Waals surface area (Å²) < 4.78 is 5.47. The fourth-order valence-corrected chi connectivity index (χ4v) is 2.05. The van der Waals surface area contributed by atoms with Gasteiger partial charge in [-0.3, -0.25) is 4.79 Å². The van der Waals surface area contributed by atoms with Crippen molar-refractivity contribution in [3.63, 3.8) is 0 Å². The fourth-order valence-electron chi connectivity index (χ4n) is 2.05. The van der Waals surface area contributed by atoms with Gasteiger partial charge in [-0.2, -0.15) is 0 Å². The van der Waals surface area contributed by atoms with E-state index in [1.165, 1.54) is 0 Å². The van der Waals surface area contributed by atoms with Gasteiger partial charge in [0.25, 0.3) is 0 Å². The molecule has 0 aliphatic carbocycles. The van der Waals surface area contributed by atoms with Gasteiger partial charge in [0.05, 0.1) is 25.7 Å². The first kappa shape index (κ1) is 13.1. The SMILES string of the molecule is O=C(CCOCc1ccccc1)N1CC[C@@H](O)C1. The number of nitrogens with zero attached hydrogens (tertiary/aromatic N) is 1. The van der Waals surface area contributed by atoms with Gasteiger partial charge in [0.2, 0.25) is 5.91 Å². The Balaban J connectivity index is 1.62. The molecule has 1 aliphatic heterocycles. The van der Waals surface area contributed by atoms with E-state index in [0.29, 0.717) is 39.1 Å². The second-order valence-electron chi connectivity index (χ2n) is 4.57. The topological polar surface area (TPSA) is 49.8 Å². The molecule has 18 heavy (non-hydrogen) atoms. The number of carbonyl (C=O) groups is 1. The molecule has 1 fully saturated rings. The molecule has 1 aliphatic rings. The van der Waals surface area contributed by atoms with E-state index in [-0.39, 0.29) is 12.0 Å². The van der Waals surface area contributed by atoms with E-state index in [0.717, 1.165) is 5.56 Å². The molecule has 1 saturated heterocycles. The summed E-state index contributed by atoms with van der Waals surface area (Å²) in [5.41, 5.74) is 1.11. The van der Waals surface area contributed by atoms with Crippen LogP contribution in [0.5, 0.6) is 0 Å². The fraction of sp³-hybridized carbons (Fsp3) is 0.500. The molecule has 0 bridgehead atoms. The quantitative estimate of drug-likeness (QED) is 0.797. The number of aliphatic hydroxyl groups is 1. The van der Waals surface area contributed by atoms with Gasteiger partial charge >= 0.3 is 0 Å². The number of β-amino-alcohol motifs (C(OH)–C–C–N with tert-alkyl or cyclic N) is 1. The molecule has 1 aromatic rings. The summed E-state index contributed by atoms with van der Waals surface area (Å²) in [5, 5.41) is 9.34. The number of carbonyl (C=O) groups excluding carboxylic acids is 1. The highest BCUT2D eigenvalue weighted by molar-refractivity contribution is 5.76. The van der Waals surface area contributed by atoms with Gasteiger partial charge in [-0.15, -0.1) is 0 Å². The molecule has 1 amide bonds. The van der Waals surface area contributed by atoms with E-state index in [1.54, 1.807) is 4.90 Å². The molecule has 0 radical (unpaired) electrons. The summed E-state index contributed by atoms with van der Waals surface area (Å²) in [4.78, 5) is 13.4. The highest BCUT2D eigenvalue weighted by atomic mass is 16.5. The van der Waals surface area contributed by atoms with E-state index in [1.807, 2.05) is 30.3 Å². The Morgan fingerprint density at radius 3 is 2.83 bits per heavy atom. The lowest BCUT2D eigenvalue weighted by Gasteiger charge is -2.15. The maximum absolute atomic E-state index is 11.7. The average Bonchev–Trinajstić information content (AvgIpc) is 2.82. The zero-order chi connectivity index (χ0) is 12.8. The molecule has 4 heteroatoms. The molecule has 1 atom stereocenters. The van der Waals surface area contributed by atoms with E-state index in [2.05, 4.69) is 0 Å². The molecular formula is C14H19NO3. The molecular weight excluding hydrogens is 230 g/mol. The van der Waals surface area contributed by atoms with Crippen LogP contribution in [-0.2, 0) is 16.1 Å². The molecule has 0 spiro atoms. The van der Waals surface area contributed by atoms with Crippen LogP contribution in [0.1, 0.15) is 18.4 Å². The predicted molar refractivity (Wildman–Crippen MR) is 67.9 cm³/mol. The summed E-state index contributed by atoms with van der Waals surface area (Å²) in [6.45, 7) is 2.10. The first-order valence-electron chi connectivity index (χ1n) is 6.33. The third-order valence-corrected chi connectivity index (χ3v) is 3.09. The number of rotatable bonds is 5. The molecule has 4 nitrogen and oxygen atoms in total. The molecule has 1 N–H and O–H groups in total. The third-order valence-electron chi connectivity index (χ3n) is 3.09. The van der Waals surface area contributed by atoms with E-state index in [4.69, 9.17) is 4.74 Å². The number of amides is 1. The lowest BCUT2D eigenvalue weighted by Crippen LogP contribution is -2.30. The van der Waals surface area contributed by atoms with Gasteiger partial charge in [-0.25, -0.2) is 0 Å². The summed E-state index contributed by atoms with van der Waals surface area (Å²) in [5.74, 6) is 0.0691. The van der Waals surface area contributed by atoms with Crippen LogP contribution in [0.15, 0.2) is 30.3 Å².